The van der Waals surface area contributed by atoms with Gasteiger partial charge in [-0.05, 0) is 30.5 Å². The Bertz CT molecular complexity index is 558. The van der Waals surface area contributed by atoms with Gasteiger partial charge in [-0.25, -0.2) is 12.7 Å². The fourth-order valence-corrected chi connectivity index (χ4v) is 3.53. The Kier molecular flexibility index (Phi) is 5.24. The molecule has 0 saturated heterocycles. The number of hydrogen-bond donors (Lipinski definition) is 1. The first kappa shape index (κ1) is 16.3. The van der Waals surface area contributed by atoms with Crippen molar-refractivity contribution >= 4 is 27.3 Å². The number of halogens is 1. The van der Waals surface area contributed by atoms with Gasteiger partial charge in [-0.15, -0.1) is 0 Å². The summed E-state index contributed by atoms with van der Waals surface area (Å²) in [7, 11) is -1.93. The SMILES string of the molecule is CCC(C)CN(C)S(=O)(=O)c1cc(N)c(Cl)cc1C. The van der Waals surface area contributed by atoms with E-state index in [4.69, 9.17) is 17.3 Å². The zero-order valence-corrected chi connectivity index (χ0v) is 13.3. The second-order valence-electron chi connectivity index (χ2n) is 4.94. The summed E-state index contributed by atoms with van der Waals surface area (Å²) in [6.45, 7) is 6.27. The molecule has 0 spiro atoms. The number of sulfonamides is 1. The van der Waals surface area contributed by atoms with Gasteiger partial charge in [0.1, 0.15) is 0 Å². The van der Waals surface area contributed by atoms with Gasteiger partial charge in [-0.1, -0.05) is 31.9 Å². The van der Waals surface area contributed by atoms with Gasteiger partial charge in [0.25, 0.3) is 0 Å². The Morgan fingerprint density at radius 2 is 2.00 bits per heavy atom. The third-order valence-corrected chi connectivity index (χ3v) is 5.54. The van der Waals surface area contributed by atoms with Crippen molar-refractivity contribution in [3.05, 3.63) is 22.7 Å². The van der Waals surface area contributed by atoms with Gasteiger partial charge in [0.2, 0.25) is 10.0 Å². The molecule has 0 amide bonds. The Morgan fingerprint density at radius 3 is 2.53 bits per heavy atom. The molecular formula is C13H21ClN2O2S. The molecule has 0 aliphatic heterocycles. The number of aryl methyl sites for hydroxylation is 1. The van der Waals surface area contributed by atoms with E-state index in [1.807, 2.05) is 13.8 Å². The summed E-state index contributed by atoms with van der Waals surface area (Å²) in [5.74, 6) is 0.310. The third kappa shape index (κ3) is 3.61. The Hall–Kier alpha value is -0.780. The molecule has 108 valence electrons. The Morgan fingerprint density at radius 1 is 1.42 bits per heavy atom. The van der Waals surface area contributed by atoms with Crippen LogP contribution < -0.4 is 5.73 Å². The molecule has 0 heterocycles. The highest BCUT2D eigenvalue weighted by molar-refractivity contribution is 7.89. The number of rotatable bonds is 5. The lowest BCUT2D eigenvalue weighted by Gasteiger charge is -2.21. The average molecular weight is 305 g/mol. The van der Waals surface area contributed by atoms with E-state index in [9.17, 15) is 8.42 Å². The van der Waals surface area contributed by atoms with Gasteiger partial charge in [0.05, 0.1) is 15.6 Å². The van der Waals surface area contributed by atoms with Crippen LogP contribution >= 0.6 is 11.6 Å². The first-order valence-electron chi connectivity index (χ1n) is 6.22. The maximum absolute atomic E-state index is 12.5. The summed E-state index contributed by atoms with van der Waals surface area (Å²) >= 11 is 5.89. The summed E-state index contributed by atoms with van der Waals surface area (Å²) < 4.78 is 26.4. The molecule has 1 aromatic rings. The molecule has 0 aliphatic rings. The minimum absolute atomic E-state index is 0.222. The highest BCUT2D eigenvalue weighted by atomic mass is 35.5. The fraction of sp³-hybridized carbons (Fsp3) is 0.538. The summed E-state index contributed by atoms with van der Waals surface area (Å²) in [6, 6.07) is 3.01. The second-order valence-corrected chi connectivity index (χ2v) is 7.36. The molecule has 1 rings (SSSR count). The van der Waals surface area contributed by atoms with Crippen molar-refractivity contribution in [1.82, 2.24) is 4.31 Å². The average Bonchev–Trinajstić information content (AvgIpc) is 2.33. The number of nitrogens with two attached hydrogens (primary N) is 1. The molecule has 0 radical (unpaired) electrons. The standard InChI is InChI=1S/C13H21ClN2O2S/c1-5-9(2)8-16(4)19(17,18)13-7-12(15)11(14)6-10(13)3/h6-7,9H,5,8,15H2,1-4H3. The maximum Gasteiger partial charge on any atom is 0.243 e. The highest BCUT2D eigenvalue weighted by Crippen LogP contribution is 2.28. The second kappa shape index (κ2) is 6.11. The van der Waals surface area contributed by atoms with Gasteiger partial charge in [-0.2, -0.15) is 0 Å². The van der Waals surface area contributed by atoms with E-state index in [0.29, 0.717) is 23.0 Å². The first-order valence-corrected chi connectivity index (χ1v) is 8.03. The van der Waals surface area contributed by atoms with Crippen LogP contribution in [0.3, 0.4) is 0 Å². The van der Waals surface area contributed by atoms with Gasteiger partial charge in [0, 0.05) is 13.6 Å². The van der Waals surface area contributed by atoms with Crippen molar-refractivity contribution in [3.63, 3.8) is 0 Å². The summed E-state index contributed by atoms with van der Waals surface area (Å²) in [5, 5.41) is 0.376. The summed E-state index contributed by atoms with van der Waals surface area (Å²) in [5.41, 5.74) is 6.59. The smallest absolute Gasteiger partial charge is 0.243 e. The quantitative estimate of drug-likeness (QED) is 0.851. The maximum atomic E-state index is 12.5. The molecule has 19 heavy (non-hydrogen) atoms. The molecule has 0 aromatic heterocycles. The Labute approximate surface area is 120 Å². The number of hydrogen-bond acceptors (Lipinski definition) is 3. The van der Waals surface area contributed by atoms with Crippen LogP contribution in [0.15, 0.2) is 17.0 Å². The lowest BCUT2D eigenvalue weighted by atomic mass is 10.1. The van der Waals surface area contributed by atoms with Crippen LogP contribution in [0, 0.1) is 12.8 Å². The van der Waals surface area contributed by atoms with E-state index in [1.54, 1.807) is 20.0 Å². The lowest BCUT2D eigenvalue weighted by Crippen LogP contribution is -2.31. The molecule has 0 saturated carbocycles. The first-order chi connectivity index (χ1) is 8.70. The van der Waals surface area contributed by atoms with E-state index in [1.165, 1.54) is 10.4 Å². The number of nitrogen functional groups attached to an aromatic ring is 1. The Balaban J connectivity index is 3.17. The topological polar surface area (TPSA) is 63.4 Å². The predicted octanol–water partition coefficient (Wildman–Crippen LogP) is 2.90. The summed E-state index contributed by atoms with van der Waals surface area (Å²) in [6.07, 6.45) is 0.932. The van der Waals surface area contributed by atoms with Crippen LogP contribution in [0.2, 0.25) is 5.02 Å². The zero-order valence-electron chi connectivity index (χ0n) is 11.8. The largest absolute Gasteiger partial charge is 0.397 e. The molecule has 1 atom stereocenters. The van der Waals surface area contributed by atoms with Crippen molar-refractivity contribution in [2.45, 2.75) is 32.1 Å². The number of benzene rings is 1. The van der Waals surface area contributed by atoms with Crippen LogP contribution in [0.1, 0.15) is 25.8 Å². The van der Waals surface area contributed by atoms with E-state index in [2.05, 4.69) is 0 Å². The van der Waals surface area contributed by atoms with Crippen molar-refractivity contribution in [3.8, 4) is 0 Å². The van der Waals surface area contributed by atoms with E-state index < -0.39 is 10.0 Å². The molecular weight excluding hydrogens is 284 g/mol. The molecule has 0 aliphatic carbocycles. The lowest BCUT2D eigenvalue weighted by molar-refractivity contribution is 0.393. The van der Waals surface area contributed by atoms with Crippen molar-refractivity contribution in [2.24, 2.45) is 5.92 Å². The molecule has 0 fully saturated rings. The predicted molar refractivity (Wildman–Crippen MR) is 79.9 cm³/mol. The molecule has 4 nitrogen and oxygen atoms in total. The van der Waals surface area contributed by atoms with E-state index in [-0.39, 0.29) is 10.6 Å². The van der Waals surface area contributed by atoms with Crippen molar-refractivity contribution in [1.29, 1.82) is 0 Å². The van der Waals surface area contributed by atoms with Crippen molar-refractivity contribution in [2.75, 3.05) is 19.3 Å². The van der Waals surface area contributed by atoms with Gasteiger partial charge >= 0.3 is 0 Å². The van der Waals surface area contributed by atoms with E-state index >= 15 is 0 Å². The number of anilines is 1. The minimum Gasteiger partial charge on any atom is -0.397 e. The van der Waals surface area contributed by atoms with Gasteiger partial charge < -0.3 is 5.73 Å². The molecule has 0 bridgehead atoms. The van der Waals surface area contributed by atoms with Crippen molar-refractivity contribution < 1.29 is 8.42 Å². The zero-order chi connectivity index (χ0) is 14.8. The van der Waals surface area contributed by atoms with Crippen LogP contribution in [0.25, 0.3) is 0 Å². The van der Waals surface area contributed by atoms with Gasteiger partial charge in [0.15, 0.2) is 0 Å². The van der Waals surface area contributed by atoms with Crippen LogP contribution in [0.5, 0.6) is 0 Å². The normalized spacial score (nSPS) is 13.8. The van der Waals surface area contributed by atoms with Gasteiger partial charge in [-0.3, -0.25) is 0 Å². The van der Waals surface area contributed by atoms with Crippen LogP contribution in [-0.2, 0) is 10.0 Å². The fourth-order valence-electron chi connectivity index (χ4n) is 1.78. The highest BCUT2D eigenvalue weighted by Gasteiger charge is 2.24. The minimum atomic E-state index is -3.52. The number of nitrogens with zero attached hydrogens (tertiary/aromatic N) is 1. The molecule has 1 aromatic carbocycles. The third-order valence-electron chi connectivity index (χ3n) is 3.25. The molecule has 2 N–H and O–H groups in total. The summed E-state index contributed by atoms with van der Waals surface area (Å²) in [4.78, 5) is 0.222. The molecule has 1 unspecified atom stereocenters. The monoisotopic (exact) mass is 304 g/mol. The van der Waals surface area contributed by atoms with Crippen LogP contribution in [-0.4, -0.2) is 26.3 Å². The molecule has 6 heteroatoms. The van der Waals surface area contributed by atoms with E-state index in [0.717, 1.165) is 6.42 Å². The van der Waals surface area contributed by atoms with Crippen LogP contribution in [0.4, 0.5) is 5.69 Å².